The lowest BCUT2D eigenvalue weighted by molar-refractivity contribution is 0.0599. The molecule has 2 aromatic heterocycles. The van der Waals surface area contributed by atoms with Crippen LogP contribution in [0, 0.1) is 6.92 Å². The number of benzene rings is 3. The molecule has 0 saturated heterocycles. The number of anilines is 1. The summed E-state index contributed by atoms with van der Waals surface area (Å²) in [5, 5.41) is 3.34. The number of aromatic nitrogens is 1. The third-order valence-electron chi connectivity index (χ3n) is 5.28. The van der Waals surface area contributed by atoms with Crippen LogP contribution >= 0.6 is 11.3 Å². The van der Waals surface area contributed by atoms with Crippen LogP contribution in [-0.4, -0.2) is 24.0 Å². The molecule has 1 N–H and O–H groups in total. The maximum atomic E-state index is 13.2. The maximum absolute atomic E-state index is 13.2. The van der Waals surface area contributed by atoms with E-state index in [9.17, 15) is 9.59 Å². The number of ether oxygens (including phenoxy) is 2. The number of carbonyl (C=O) groups excluding carboxylic acids is 2. The van der Waals surface area contributed by atoms with E-state index in [-0.39, 0.29) is 11.4 Å². The molecule has 0 unspecified atom stereocenters. The van der Waals surface area contributed by atoms with Crippen LogP contribution in [0.5, 0.6) is 11.5 Å². The van der Waals surface area contributed by atoms with Gasteiger partial charge in [-0.25, -0.2) is 9.78 Å². The second-order valence-electron chi connectivity index (χ2n) is 7.61. The Bertz CT molecular complexity index is 1510. The van der Waals surface area contributed by atoms with Crippen LogP contribution in [-0.2, 0) is 4.74 Å². The van der Waals surface area contributed by atoms with E-state index in [2.05, 4.69) is 10.3 Å². The fourth-order valence-corrected chi connectivity index (χ4v) is 4.68. The summed E-state index contributed by atoms with van der Waals surface area (Å²) in [6.07, 6.45) is 0. The smallest absolute Gasteiger partial charge is 0.342 e. The van der Waals surface area contributed by atoms with E-state index in [0.29, 0.717) is 33.4 Å². The van der Waals surface area contributed by atoms with Crippen molar-refractivity contribution in [1.29, 1.82) is 0 Å². The lowest BCUT2D eigenvalue weighted by Crippen LogP contribution is -2.12. The lowest BCUT2D eigenvalue weighted by atomic mass is 10.1. The number of aryl methyl sites for hydroxylation is 1. The number of esters is 1. The summed E-state index contributed by atoms with van der Waals surface area (Å²) in [4.78, 5) is 30.4. The highest BCUT2D eigenvalue weighted by atomic mass is 32.1. The zero-order chi connectivity index (χ0) is 24.4. The average Bonchev–Trinajstić information content (AvgIpc) is 3.44. The fourth-order valence-electron chi connectivity index (χ4n) is 3.66. The van der Waals surface area contributed by atoms with E-state index in [0.717, 1.165) is 10.2 Å². The molecule has 0 bridgehead atoms. The number of nitrogens with one attached hydrogen (secondary N) is 1. The van der Waals surface area contributed by atoms with Gasteiger partial charge in [-0.1, -0.05) is 36.4 Å². The molecule has 0 aliphatic rings. The van der Waals surface area contributed by atoms with Crippen LogP contribution in [0.1, 0.15) is 26.5 Å². The Morgan fingerprint density at radius 3 is 2.46 bits per heavy atom. The quantitative estimate of drug-likeness (QED) is 0.270. The first kappa shape index (κ1) is 22.4. The molecule has 0 aliphatic carbocycles. The summed E-state index contributed by atoms with van der Waals surface area (Å²) in [6, 6.07) is 23.7. The third kappa shape index (κ3) is 4.51. The first-order valence-electron chi connectivity index (χ1n) is 10.8. The molecule has 0 saturated carbocycles. The largest absolute Gasteiger partial charge is 0.465 e. The molecular weight excluding hydrogens is 464 g/mol. The first-order valence-corrected chi connectivity index (χ1v) is 11.6. The third-order valence-corrected chi connectivity index (χ3v) is 6.34. The Morgan fingerprint density at radius 1 is 0.943 bits per heavy atom. The zero-order valence-electron chi connectivity index (χ0n) is 18.9. The SMILES string of the molecule is COC(=O)c1c(C)oc(NC(=O)c2cccc(Oc3ccccc3)c2)c1-c1nc2ccccc2s1. The highest BCUT2D eigenvalue weighted by molar-refractivity contribution is 7.21. The van der Waals surface area contributed by atoms with Crippen molar-refractivity contribution in [3.8, 4) is 22.1 Å². The Labute approximate surface area is 204 Å². The monoisotopic (exact) mass is 484 g/mol. The molecule has 8 heteroatoms. The Morgan fingerprint density at radius 2 is 1.69 bits per heavy atom. The van der Waals surface area contributed by atoms with Crippen molar-refractivity contribution in [3.05, 3.63) is 95.7 Å². The van der Waals surface area contributed by atoms with Crippen molar-refractivity contribution >= 4 is 39.3 Å². The molecule has 0 radical (unpaired) electrons. The molecule has 5 rings (SSSR count). The van der Waals surface area contributed by atoms with Gasteiger partial charge >= 0.3 is 5.97 Å². The van der Waals surface area contributed by atoms with Crippen molar-refractivity contribution in [2.45, 2.75) is 6.92 Å². The van der Waals surface area contributed by atoms with Crippen molar-refractivity contribution in [1.82, 2.24) is 4.98 Å². The second-order valence-corrected chi connectivity index (χ2v) is 8.64. The number of methoxy groups -OCH3 is 1. The van der Waals surface area contributed by atoms with E-state index < -0.39 is 11.9 Å². The van der Waals surface area contributed by atoms with Gasteiger partial charge in [-0.3, -0.25) is 10.1 Å². The van der Waals surface area contributed by atoms with Gasteiger partial charge in [0.1, 0.15) is 27.8 Å². The second kappa shape index (κ2) is 9.44. The van der Waals surface area contributed by atoms with Gasteiger partial charge < -0.3 is 13.9 Å². The molecule has 35 heavy (non-hydrogen) atoms. The molecule has 0 aliphatic heterocycles. The molecule has 174 valence electrons. The zero-order valence-corrected chi connectivity index (χ0v) is 19.7. The summed E-state index contributed by atoms with van der Waals surface area (Å²) < 4.78 is 17.6. The summed E-state index contributed by atoms with van der Waals surface area (Å²) >= 11 is 1.40. The number of thiazole rings is 1. The van der Waals surface area contributed by atoms with E-state index in [4.69, 9.17) is 13.9 Å². The highest BCUT2D eigenvalue weighted by Crippen LogP contribution is 2.41. The van der Waals surface area contributed by atoms with Gasteiger partial charge in [0.15, 0.2) is 0 Å². The normalized spacial score (nSPS) is 10.8. The minimum absolute atomic E-state index is 0.126. The summed E-state index contributed by atoms with van der Waals surface area (Å²) in [5.41, 5.74) is 1.76. The van der Waals surface area contributed by atoms with Gasteiger partial charge in [0.25, 0.3) is 5.91 Å². The standard InChI is InChI=1S/C27H20N2O5S/c1-16-22(27(31)32-2)23(26-28-20-13-6-7-14-21(20)35-26)25(33-16)29-24(30)17-9-8-12-19(15-17)34-18-10-4-3-5-11-18/h3-15H,1-2H3,(H,29,30). The molecular formula is C27H20N2O5S. The lowest BCUT2D eigenvalue weighted by Gasteiger charge is -2.08. The Kier molecular flexibility index (Phi) is 6.03. The molecule has 2 heterocycles. The van der Waals surface area contributed by atoms with Crippen LogP contribution in [0.2, 0.25) is 0 Å². The molecule has 1 amide bonds. The predicted octanol–water partition coefficient (Wildman–Crippen LogP) is 6.70. The number of hydrogen-bond donors (Lipinski definition) is 1. The van der Waals surface area contributed by atoms with Crippen LogP contribution in [0.3, 0.4) is 0 Å². The number of nitrogens with zero attached hydrogens (tertiary/aromatic N) is 1. The van der Waals surface area contributed by atoms with E-state index in [1.54, 1.807) is 31.2 Å². The minimum atomic E-state index is -0.570. The number of para-hydroxylation sites is 2. The number of fused-ring (bicyclic) bond motifs is 1. The van der Waals surface area contributed by atoms with Crippen LogP contribution in [0.4, 0.5) is 5.88 Å². The van der Waals surface area contributed by atoms with E-state index in [1.807, 2.05) is 54.6 Å². The molecule has 3 aromatic carbocycles. The summed E-state index contributed by atoms with van der Waals surface area (Å²) in [6.45, 7) is 1.65. The maximum Gasteiger partial charge on any atom is 0.342 e. The van der Waals surface area contributed by atoms with Crippen molar-refractivity contribution in [2.75, 3.05) is 12.4 Å². The van der Waals surface area contributed by atoms with E-state index in [1.165, 1.54) is 18.4 Å². The van der Waals surface area contributed by atoms with Gasteiger partial charge in [0.05, 0.1) is 22.9 Å². The van der Waals surface area contributed by atoms with Crippen molar-refractivity contribution in [3.63, 3.8) is 0 Å². The topological polar surface area (TPSA) is 90.7 Å². The average molecular weight is 485 g/mol. The van der Waals surface area contributed by atoms with Gasteiger partial charge in [-0.05, 0) is 49.4 Å². The summed E-state index contributed by atoms with van der Waals surface area (Å²) in [5.74, 6) is 0.632. The molecule has 0 fully saturated rings. The summed E-state index contributed by atoms with van der Waals surface area (Å²) in [7, 11) is 1.30. The fraction of sp³-hybridized carbons (Fsp3) is 0.0741. The number of rotatable bonds is 6. The van der Waals surface area contributed by atoms with Gasteiger partial charge in [0, 0.05) is 5.56 Å². The first-order chi connectivity index (χ1) is 17.0. The molecule has 5 aromatic rings. The Balaban J connectivity index is 1.50. The van der Waals surface area contributed by atoms with Crippen LogP contribution < -0.4 is 10.1 Å². The van der Waals surface area contributed by atoms with Gasteiger partial charge in [-0.15, -0.1) is 11.3 Å². The number of amides is 1. The van der Waals surface area contributed by atoms with E-state index >= 15 is 0 Å². The van der Waals surface area contributed by atoms with Crippen molar-refractivity contribution in [2.24, 2.45) is 0 Å². The van der Waals surface area contributed by atoms with Crippen molar-refractivity contribution < 1.29 is 23.5 Å². The number of hydrogen-bond acceptors (Lipinski definition) is 7. The predicted molar refractivity (Wildman–Crippen MR) is 134 cm³/mol. The number of carbonyl (C=O) groups is 2. The van der Waals surface area contributed by atoms with Gasteiger partial charge in [0.2, 0.25) is 5.88 Å². The van der Waals surface area contributed by atoms with Crippen LogP contribution in [0.15, 0.2) is 83.3 Å². The van der Waals surface area contributed by atoms with Gasteiger partial charge in [-0.2, -0.15) is 0 Å². The minimum Gasteiger partial charge on any atom is -0.465 e. The highest BCUT2D eigenvalue weighted by Gasteiger charge is 2.29. The van der Waals surface area contributed by atoms with Crippen LogP contribution in [0.25, 0.3) is 20.8 Å². The molecule has 0 atom stereocenters. The molecule has 0 spiro atoms. The number of furan rings is 1. The Hall–Kier alpha value is -4.43. The molecule has 7 nitrogen and oxygen atoms in total.